The van der Waals surface area contributed by atoms with Crippen molar-refractivity contribution in [1.82, 2.24) is 0 Å². The van der Waals surface area contributed by atoms with Crippen LogP contribution in [0, 0.1) is 0 Å². The fourth-order valence-corrected chi connectivity index (χ4v) is 4.49. The molecule has 3 aromatic rings. The third kappa shape index (κ3) is 4.14. The van der Waals surface area contributed by atoms with Crippen molar-refractivity contribution in [2.45, 2.75) is 72.5 Å². The second-order valence-electron chi connectivity index (χ2n) is 10.3. The molecule has 0 aliphatic carbocycles. The van der Waals surface area contributed by atoms with Crippen LogP contribution in [0.1, 0.15) is 58.2 Å². The lowest BCUT2D eigenvalue weighted by Crippen LogP contribution is -2.46. The number of allylic oxidation sites excluding steroid dienone is 4. The van der Waals surface area contributed by atoms with Crippen molar-refractivity contribution >= 4 is 21.9 Å². The molecule has 186 valence electrons. The summed E-state index contributed by atoms with van der Waals surface area (Å²) >= 11 is 0. The number of aromatic hydroxyl groups is 3. The minimum Gasteiger partial charge on any atom is -0.507 e. The smallest absolute Gasteiger partial charge is 0.204 e. The Morgan fingerprint density at radius 1 is 0.971 bits per heavy atom. The highest BCUT2D eigenvalue weighted by atomic mass is 16.5. The third-order valence-corrected chi connectivity index (χ3v) is 6.60. The van der Waals surface area contributed by atoms with Gasteiger partial charge in [-0.25, -0.2) is 0 Å². The van der Waals surface area contributed by atoms with Crippen LogP contribution < -0.4 is 10.2 Å². The third-order valence-electron chi connectivity index (χ3n) is 6.60. The first kappa shape index (κ1) is 24.7. The van der Waals surface area contributed by atoms with Crippen LogP contribution in [0.5, 0.6) is 23.0 Å². The molecule has 7 heteroatoms. The van der Waals surface area contributed by atoms with Crippen LogP contribution in [0.3, 0.4) is 0 Å². The van der Waals surface area contributed by atoms with Crippen LogP contribution >= 0.6 is 0 Å². The average Bonchev–Trinajstić information content (AvgIpc) is 2.75. The van der Waals surface area contributed by atoms with Crippen molar-refractivity contribution < 1.29 is 29.6 Å². The van der Waals surface area contributed by atoms with E-state index in [4.69, 9.17) is 9.15 Å². The summed E-state index contributed by atoms with van der Waals surface area (Å²) in [5, 5.41) is 43.4. The first-order valence-electron chi connectivity index (χ1n) is 11.7. The summed E-state index contributed by atoms with van der Waals surface area (Å²) < 4.78 is 12.0. The maximum Gasteiger partial charge on any atom is 0.204 e. The molecule has 1 aliphatic heterocycles. The van der Waals surface area contributed by atoms with Gasteiger partial charge in [0.2, 0.25) is 11.2 Å². The summed E-state index contributed by atoms with van der Waals surface area (Å²) in [6.07, 6.45) is 3.72. The minimum atomic E-state index is -0.901. The number of fused-ring (bicyclic) bond motifs is 4. The Morgan fingerprint density at radius 3 is 2.17 bits per heavy atom. The molecule has 2 aromatic carbocycles. The minimum absolute atomic E-state index is 0.0203. The highest BCUT2D eigenvalue weighted by Crippen LogP contribution is 2.45. The number of hydrogen-bond acceptors (Lipinski definition) is 7. The van der Waals surface area contributed by atoms with Gasteiger partial charge in [-0.05, 0) is 59.9 Å². The van der Waals surface area contributed by atoms with Crippen molar-refractivity contribution in [3.8, 4) is 23.0 Å². The molecular formula is C28H32O7. The van der Waals surface area contributed by atoms with E-state index in [9.17, 15) is 25.2 Å². The lowest BCUT2D eigenvalue weighted by Gasteiger charge is -2.37. The fourth-order valence-electron chi connectivity index (χ4n) is 4.49. The Kier molecular flexibility index (Phi) is 6.09. The van der Waals surface area contributed by atoms with Crippen molar-refractivity contribution in [1.29, 1.82) is 0 Å². The van der Waals surface area contributed by atoms with Gasteiger partial charge in [-0.3, -0.25) is 4.79 Å². The molecule has 0 radical (unpaired) electrons. The molecule has 4 N–H and O–H groups in total. The van der Waals surface area contributed by atoms with Crippen molar-refractivity contribution in [2.75, 3.05) is 0 Å². The quantitative estimate of drug-likeness (QED) is 0.231. The second kappa shape index (κ2) is 8.64. The van der Waals surface area contributed by atoms with Gasteiger partial charge in [0, 0.05) is 23.6 Å². The van der Waals surface area contributed by atoms with Gasteiger partial charge >= 0.3 is 0 Å². The highest BCUT2D eigenvalue weighted by Gasteiger charge is 2.38. The van der Waals surface area contributed by atoms with E-state index in [2.05, 4.69) is 0 Å². The number of rotatable bonds is 4. The normalized spacial score (nSPS) is 16.6. The van der Waals surface area contributed by atoms with Crippen LogP contribution in [0.25, 0.3) is 21.9 Å². The van der Waals surface area contributed by atoms with E-state index in [1.54, 1.807) is 13.8 Å². The van der Waals surface area contributed by atoms with Gasteiger partial charge < -0.3 is 29.6 Å². The van der Waals surface area contributed by atoms with Crippen LogP contribution in [0.2, 0.25) is 0 Å². The molecule has 1 unspecified atom stereocenters. The van der Waals surface area contributed by atoms with Gasteiger partial charge in [0.05, 0.1) is 11.5 Å². The molecule has 2 heterocycles. The van der Waals surface area contributed by atoms with Crippen molar-refractivity contribution in [3.63, 3.8) is 0 Å². The standard InChI is InChI=1S/C28H32O7/c1-13(2)7-9-15-16(10-8-14(3)4)23(31)25(33)27-21(15)24(32)22-18(29)12-19-17(26(22)34-27)11-20(30)28(5,6)35-19/h7-8,12,20,29-31,33H,9-11H2,1-6H3. The molecule has 0 bridgehead atoms. The molecule has 1 aromatic heterocycles. The number of aliphatic hydroxyl groups excluding tert-OH is 1. The van der Waals surface area contributed by atoms with Gasteiger partial charge in [0.25, 0.3) is 0 Å². The highest BCUT2D eigenvalue weighted by molar-refractivity contribution is 6.00. The van der Waals surface area contributed by atoms with Crippen LogP contribution in [0.15, 0.2) is 38.6 Å². The van der Waals surface area contributed by atoms with E-state index in [-0.39, 0.29) is 39.9 Å². The zero-order valence-corrected chi connectivity index (χ0v) is 20.9. The zero-order valence-electron chi connectivity index (χ0n) is 20.9. The molecule has 7 nitrogen and oxygen atoms in total. The molecule has 0 spiro atoms. The summed E-state index contributed by atoms with van der Waals surface area (Å²) in [4.78, 5) is 13.9. The average molecular weight is 481 g/mol. The molecule has 4 rings (SSSR count). The molecule has 0 saturated carbocycles. The fraction of sp³-hybridized carbons (Fsp3) is 0.393. The molecule has 0 saturated heterocycles. The first-order valence-corrected chi connectivity index (χ1v) is 11.7. The maximum atomic E-state index is 13.9. The summed E-state index contributed by atoms with van der Waals surface area (Å²) in [6, 6.07) is 1.37. The molecule has 0 amide bonds. The monoisotopic (exact) mass is 480 g/mol. The molecule has 1 aliphatic rings. The predicted molar refractivity (Wildman–Crippen MR) is 136 cm³/mol. The summed E-state index contributed by atoms with van der Waals surface area (Å²) in [6.45, 7) is 11.2. The SMILES string of the molecule is CC(C)=CCc1c(O)c(O)c2oc3c4c(cc(O)c3c(=O)c2c1CC=C(C)C)OC(C)(C)C(O)C4. The number of benzene rings is 2. The first-order chi connectivity index (χ1) is 16.3. The Labute approximate surface area is 203 Å². The summed E-state index contributed by atoms with van der Waals surface area (Å²) in [5.41, 5.74) is 1.86. The van der Waals surface area contributed by atoms with E-state index < -0.39 is 22.9 Å². The van der Waals surface area contributed by atoms with Crippen molar-refractivity contribution in [2.24, 2.45) is 0 Å². The van der Waals surface area contributed by atoms with E-state index in [0.29, 0.717) is 35.3 Å². The van der Waals surface area contributed by atoms with E-state index >= 15 is 0 Å². The van der Waals surface area contributed by atoms with Crippen LogP contribution in [0.4, 0.5) is 0 Å². The van der Waals surface area contributed by atoms with Gasteiger partial charge in [0.15, 0.2) is 11.3 Å². The zero-order chi connectivity index (χ0) is 25.8. The molecule has 1 atom stereocenters. The van der Waals surface area contributed by atoms with Crippen LogP contribution in [-0.4, -0.2) is 32.1 Å². The van der Waals surface area contributed by atoms with Crippen LogP contribution in [-0.2, 0) is 19.3 Å². The number of ether oxygens (including phenoxy) is 1. The number of hydrogen-bond donors (Lipinski definition) is 4. The number of phenolic OH excluding ortho intramolecular Hbond substituents is 3. The topological polar surface area (TPSA) is 120 Å². The van der Waals surface area contributed by atoms with Gasteiger partial charge in [-0.2, -0.15) is 0 Å². The maximum absolute atomic E-state index is 13.9. The van der Waals surface area contributed by atoms with Crippen molar-refractivity contribution in [3.05, 3.63) is 56.3 Å². The summed E-state index contributed by atoms with van der Waals surface area (Å²) in [5.74, 6) is -0.900. The van der Waals surface area contributed by atoms with E-state index in [1.165, 1.54) is 6.07 Å². The molecular weight excluding hydrogens is 448 g/mol. The van der Waals surface area contributed by atoms with Gasteiger partial charge in [-0.15, -0.1) is 0 Å². The molecule has 0 fully saturated rings. The van der Waals surface area contributed by atoms with E-state index in [1.807, 2.05) is 39.8 Å². The lowest BCUT2D eigenvalue weighted by atomic mass is 9.89. The van der Waals surface area contributed by atoms with Gasteiger partial charge in [0.1, 0.15) is 28.1 Å². The predicted octanol–water partition coefficient (Wildman–Crippen LogP) is 5.15. The largest absolute Gasteiger partial charge is 0.507 e. The number of phenols is 3. The van der Waals surface area contributed by atoms with Gasteiger partial charge in [-0.1, -0.05) is 23.3 Å². The summed E-state index contributed by atoms with van der Waals surface area (Å²) in [7, 11) is 0. The number of aliphatic hydroxyl groups is 1. The second-order valence-corrected chi connectivity index (χ2v) is 10.3. The Bertz CT molecular complexity index is 1460. The Morgan fingerprint density at radius 2 is 1.57 bits per heavy atom. The Hall–Kier alpha value is -3.45. The lowest BCUT2D eigenvalue weighted by molar-refractivity contribution is -0.0410. The van der Waals surface area contributed by atoms with E-state index in [0.717, 1.165) is 11.1 Å². The molecule has 35 heavy (non-hydrogen) atoms. The Balaban J connectivity index is 2.15.